The predicted octanol–water partition coefficient (Wildman–Crippen LogP) is 1.96. The first-order chi connectivity index (χ1) is 7.75. The van der Waals surface area contributed by atoms with E-state index < -0.39 is 0 Å². The molecule has 0 bridgehead atoms. The maximum absolute atomic E-state index is 4.27. The predicted molar refractivity (Wildman–Crippen MR) is 68.6 cm³/mol. The Morgan fingerprint density at radius 3 is 3.12 bits per heavy atom. The quantitative estimate of drug-likeness (QED) is 0.851. The van der Waals surface area contributed by atoms with Crippen molar-refractivity contribution in [3.8, 4) is 0 Å². The number of rotatable bonds is 5. The van der Waals surface area contributed by atoms with Crippen molar-refractivity contribution in [3.63, 3.8) is 0 Å². The molecule has 0 aromatic carbocycles. The third kappa shape index (κ3) is 3.27. The highest BCUT2D eigenvalue weighted by Crippen LogP contribution is 2.17. The van der Waals surface area contributed by atoms with E-state index in [1.54, 1.807) is 11.3 Å². The molecule has 1 aliphatic rings. The number of hydrogen-bond acceptors (Lipinski definition) is 4. The van der Waals surface area contributed by atoms with Gasteiger partial charge >= 0.3 is 0 Å². The molecule has 90 valence electrons. The molecule has 0 radical (unpaired) electrons. The minimum absolute atomic E-state index is 0.698. The van der Waals surface area contributed by atoms with E-state index in [1.807, 2.05) is 11.6 Å². The average molecular weight is 239 g/mol. The summed E-state index contributed by atoms with van der Waals surface area (Å²) in [6.45, 7) is 9.14. The molecule has 16 heavy (non-hydrogen) atoms. The van der Waals surface area contributed by atoms with Gasteiger partial charge < -0.3 is 10.2 Å². The Kier molecular flexibility index (Phi) is 4.32. The van der Waals surface area contributed by atoms with E-state index in [9.17, 15) is 0 Å². The molecule has 2 rings (SSSR count). The molecule has 0 saturated carbocycles. The van der Waals surface area contributed by atoms with Crippen LogP contribution < -0.4 is 5.32 Å². The van der Waals surface area contributed by atoms with E-state index >= 15 is 0 Å². The van der Waals surface area contributed by atoms with Gasteiger partial charge in [0.25, 0.3) is 0 Å². The van der Waals surface area contributed by atoms with Gasteiger partial charge in [-0.2, -0.15) is 0 Å². The molecule has 0 aliphatic carbocycles. The third-order valence-electron chi connectivity index (χ3n) is 3.24. The van der Waals surface area contributed by atoms with Gasteiger partial charge in [0.2, 0.25) is 0 Å². The van der Waals surface area contributed by atoms with Crippen LogP contribution in [0, 0.1) is 5.92 Å². The lowest BCUT2D eigenvalue weighted by Gasteiger charge is -2.20. The second-order valence-corrected chi connectivity index (χ2v) is 5.78. The molecular formula is C12H21N3S. The van der Waals surface area contributed by atoms with E-state index in [0.717, 1.165) is 19.0 Å². The zero-order chi connectivity index (χ0) is 11.4. The Bertz CT molecular complexity index is 297. The van der Waals surface area contributed by atoms with Gasteiger partial charge in [-0.15, -0.1) is 11.3 Å². The van der Waals surface area contributed by atoms with Crippen LogP contribution in [0.25, 0.3) is 0 Å². The summed E-state index contributed by atoms with van der Waals surface area (Å²) >= 11 is 1.73. The highest BCUT2D eigenvalue weighted by Gasteiger charge is 2.23. The van der Waals surface area contributed by atoms with E-state index in [-0.39, 0.29) is 0 Å². The van der Waals surface area contributed by atoms with Crippen molar-refractivity contribution in [2.24, 2.45) is 5.92 Å². The van der Waals surface area contributed by atoms with Gasteiger partial charge in [0.1, 0.15) is 5.01 Å². The van der Waals surface area contributed by atoms with Crippen LogP contribution in [0.5, 0.6) is 0 Å². The van der Waals surface area contributed by atoms with E-state index in [4.69, 9.17) is 0 Å². The largest absolute Gasteiger partial charge is 0.310 e. The van der Waals surface area contributed by atoms with Crippen LogP contribution in [0.1, 0.15) is 25.3 Å². The van der Waals surface area contributed by atoms with Crippen LogP contribution >= 0.6 is 11.3 Å². The molecule has 1 saturated heterocycles. The van der Waals surface area contributed by atoms with Crippen LogP contribution in [0.4, 0.5) is 0 Å². The van der Waals surface area contributed by atoms with Gasteiger partial charge in [-0.25, -0.2) is 4.98 Å². The van der Waals surface area contributed by atoms with Crippen molar-refractivity contribution in [3.05, 3.63) is 16.6 Å². The van der Waals surface area contributed by atoms with E-state index in [1.165, 1.54) is 24.5 Å². The maximum Gasteiger partial charge on any atom is 0.106 e. The van der Waals surface area contributed by atoms with Crippen LogP contribution in [-0.2, 0) is 6.54 Å². The fourth-order valence-electron chi connectivity index (χ4n) is 2.22. The van der Waals surface area contributed by atoms with Crippen molar-refractivity contribution in [2.75, 3.05) is 19.6 Å². The maximum atomic E-state index is 4.27. The summed E-state index contributed by atoms with van der Waals surface area (Å²) in [7, 11) is 0. The molecular weight excluding hydrogens is 218 g/mol. The van der Waals surface area contributed by atoms with Gasteiger partial charge in [-0.3, -0.25) is 0 Å². The molecule has 4 heteroatoms. The fraction of sp³-hybridized carbons (Fsp3) is 0.750. The first kappa shape index (κ1) is 12.0. The average Bonchev–Trinajstić information content (AvgIpc) is 2.87. The lowest BCUT2D eigenvalue weighted by molar-refractivity contribution is 0.264. The Hall–Kier alpha value is -0.450. The van der Waals surface area contributed by atoms with Gasteiger partial charge in [0.05, 0.1) is 0 Å². The molecule has 2 heterocycles. The first-order valence-corrected chi connectivity index (χ1v) is 6.97. The minimum atomic E-state index is 0.698. The smallest absolute Gasteiger partial charge is 0.106 e. The van der Waals surface area contributed by atoms with Crippen molar-refractivity contribution in [1.82, 2.24) is 15.2 Å². The monoisotopic (exact) mass is 239 g/mol. The Morgan fingerprint density at radius 1 is 1.62 bits per heavy atom. The van der Waals surface area contributed by atoms with Crippen molar-refractivity contribution < 1.29 is 0 Å². The zero-order valence-electron chi connectivity index (χ0n) is 10.1. The van der Waals surface area contributed by atoms with Crippen molar-refractivity contribution in [1.29, 1.82) is 0 Å². The fourth-order valence-corrected chi connectivity index (χ4v) is 2.81. The van der Waals surface area contributed by atoms with Gasteiger partial charge in [0.15, 0.2) is 0 Å². The molecule has 0 amide bonds. The number of likely N-dealkylation sites (tertiary alicyclic amines) is 1. The van der Waals surface area contributed by atoms with Crippen LogP contribution in [-0.4, -0.2) is 35.6 Å². The second-order valence-electron chi connectivity index (χ2n) is 4.80. The van der Waals surface area contributed by atoms with E-state index in [2.05, 4.69) is 29.0 Å². The number of nitrogens with one attached hydrogen (secondary N) is 1. The summed E-state index contributed by atoms with van der Waals surface area (Å²) in [6.07, 6.45) is 3.21. The van der Waals surface area contributed by atoms with E-state index in [0.29, 0.717) is 6.04 Å². The van der Waals surface area contributed by atoms with Crippen LogP contribution in [0.3, 0.4) is 0 Å². The van der Waals surface area contributed by atoms with Gasteiger partial charge in [-0.05, 0) is 39.3 Å². The molecule has 1 N–H and O–H groups in total. The summed E-state index contributed by atoms with van der Waals surface area (Å²) in [4.78, 5) is 6.83. The summed E-state index contributed by atoms with van der Waals surface area (Å²) in [5.74, 6) is 0.822. The lowest BCUT2D eigenvalue weighted by Crippen LogP contribution is -2.30. The molecule has 1 atom stereocenters. The standard InChI is InChI=1S/C12H21N3S/c1-10(2)15-5-3-11(9-15)7-13-8-12-14-4-6-16-12/h4,6,10-11,13H,3,5,7-9H2,1-2H3. The summed E-state index contributed by atoms with van der Waals surface area (Å²) in [5, 5.41) is 6.74. The highest BCUT2D eigenvalue weighted by molar-refractivity contribution is 7.09. The number of thiazole rings is 1. The summed E-state index contributed by atoms with van der Waals surface area (Å²) < 4.78 is 0. The normalized spacial score (nSPS) is 22.1. The molecule has 1 aliphatic heterocycles. The third-order valence-corrected chi connectivity index (χ3v) is 4.02. The first-order valence-electron chi connectivity index (χ1n) is 6.09. The Morgan fingerprint density at radius 2 is 2.50 bits per heavy atom. The Balaban J connectivity index is 1.64. The summed E-state index contributed by atoms with van der Waals surface area (Å²) in [5.41, 5.74) is 0. The highest BCUT2D eigenvalue weighted by atomic mass is 32.1. The molecule has 1 unspecified atom stereocenters. The van der Waals surface area contributed by atoms with Gasteiger partial charge in [-0.1, -0.05) is 0 Å². The molecule has 1 fully saturated rings. The SMILES string of the molecule is CC(C)N1CCC(CNCc2nccs2)C1. The van der Waals surface area contributed by atoms with Crippen molar-refractivity contribution >= 4 is 11.3 Å². The topological polar surface area (TPSA) is 28.2 Å². The number of nitrogens with zero attached hydrogens (tertiary/aromatic N) is 2. The van der Waals surface area contributed by atoms with Crippen molar-refractivity contribution in [2.45, 2.75) is 32.9 Å². The number of aromatic nitrogens is 1. The van der Waals surface area contributed by atoms with Gasteiger partial charge in [0, 0.05) is 30.7 Å². The molecule has 1 aromatic rings. The Labute approximate surface area is 102 Å². The molecule has 3 nitrogen and oxygen atoms in total. The minimum Gasteiger partial charge on any atom is -0.310 e. The second kappa shape index (κ2) is 5.75. The zero-order valence-corrected chi connectivity index (χ0v) is 11.0. The number of hydrogen-bond donors (Lipinski definition) is 1. The van der Waals surface area contributed by atoms with Crippen LogP contribution in [0.2, 0.25) is 0 Å². The van der Waals surface area contributed by atoms with Crippen LogP contribution in [0.15, 0.2) is 11.6 Å². The lowest BCUT2D eigenvalue weighted by atomic mass is 10.1. The molecule has 0 spiro atoms. The molecule has 1 aromatic heterocycles. The summed E-state index contributed by atoms with van der Waals surface area (Å²) in [6, 6.07) is 0.698.